The molecule has 1 saturated heterocycles. The summed E-state index contributed by atoms with van der Waals surface area (Å²) < 4.78 is 0. The molecule has 1 rings (SSSR count). The number of hydrogen-bond donors (Lipinski definition) is 2. The minimum atomic E-state index is -1.00. The van der Waals surface area contributed by atoms with Crippen LogP contribution in [0.3, 0.4) is 0 Å². The molecule has 2 amide bonds. The third-order valence-corrected chi connectivity index (χ3v) is 3.68. The zero-order chi connectivity index (χ0) is 15.3. The zero-order valence-corrected chi connectivity index (χ0v) is 13.0. The molecule has 20 heavy (non-hydrogen) atoms. The first kappa shape index (κ1) is 16.8. The van der Waals surface area contributed by atoms with E-state index in [1.54, 1.807) is 32.7 Å². The normalized spacial score (nSPS) is 17.8. The summed E-state index contributed by atoms with van der Waals surface area (Å²) in [5, 5.41) is 11.8. The third-order valence-electron chi connectivity index (χ3n) is 3.68. The van der Waals surface area contributed by atoms with E-state index in [-0.39, 0.29) is 6.03 Å². The molecule has 1 fully saturated rings. The van der Waals surface area contributed by atoms with Crippen molar-refractivity contribution < 1.29 is 14.7 Å². The van der Waals surface area contributed by atoms with Gasteiger partial charge in [-0.05, 0) is 31.3 Å². The van der Waals surface area contributed by atoms with Gasteiger partial charge in [0.15, 0.2) is 0 Å². The Bertz CT molecular complexity index is 346. The van der Waals surface area contributed by atoms with E-state index in [9.17, 15) is 14.7 Å². The highest BCUT2D eigenvalue weighted by Crippen LogP contribution is 2.19. The minimum Gasteiger partial charge on any atom is -0.480 e. The van der Waals surface area contributed by atoms with Crippen molar-refractivity contribution in [3.05, 3.63) is 0 Å². The van der Waals surface area contributed by atoms with Crippen LogP contribution < -0.4 is 5.32 Å². The molecule has 1 unspecified atom stereocenters. The number of likely N-dealkylation sites (N-methyl/N-ethyl adjacent to an activating group) is 1. The molecule has 1 aliphatic rings. The zero-order valence-electron chi connectivity index (χ0n) is 13.0. The molecule has 0 aliphatic carbocycles. The lowest BCUT2D eigenvalue weighted by Crippen LogP contribution is -2.53. The topological polar surface area (TPSA) is 72.9 Å². The van der Waals surface area contributed by atoms with Crippen LogP contribution in [0.4, 0.5) is 4.79 Å². The van der Waals surface area contributed by atoms with Crippen molar-refractivity contribution in [1.29, 1.82) is 0 Å². The number of hydrogen-bond acceptors (Lipinski definition) is 3. The predicted molar refractivity (Wildman–Crippen MR) is 77.7 cm³/mol. The van der Waals surface area contributed by atoms with Crippen molar-refractivity contribution in [1.82, 2.24) is 15.1 Å². The second-order valence-electron chi connectivity index (χ2n) is 6.56. The summed E-state index contributed by atoms with van der Waals surface area (Å²) in [5.74, 6) is -1.00. The van der Waals surface area contributed by atoms with Crippen LogP contribution in [-0.2, 0) is 4.79 Å². The first-order chi connectivity index (χ1) is 9.21. The third kappa shape index (κ3) is 5.00. The molecule has 0 aromatic carbocycles. The van der Waals surface area contributed by atoms with Crippen molar-refractivity contribution in [2.75, 3.05) is 33.2 Å². The number of urea groups is 1. The summed E-state index contributed by atoms with van der Waals surface area (Å²) in [4.78, 5) is 27.1. The Morgan fingerprint density at radius 3 is 2.30 bits per heavy atom. The number of carboxylic acid groups (broad SMARTS) is 1. The maximum absolute atomic E-state index is 12.0. The summed E-state index contributed by atoms with van der Waals surface area (Å²) >= 11 is 0. The number of carbonyl (C=O) groups excluding carboxylic acids is 1. The second kappa shape index (κ2) is 6.92. The fourth-order valence-corrected chi connectivity index (χ4v) is 2.28. The Kier molecular flexibility index (Phi) is 5.80. The number of nitrogens with zero attached hydrogens (tertiary/aromatic N) is 2. The molecule has 1 atom stereocenters. The van der Waals surface area contributed by atoms with Crippen molar-refractivity contribution in [3.8, 4) is 0 Å². The van der Waals surface area contributed by atoms with Crippen molar-refractivity contribution in [2.24, 2.45) is 5.41 Å². The number of amides is 2. The lowest BCUT2D eigenvalue weighted by Gasteiger charge is -2.30. The van der Waals surface area contributed by atoms with Gasteiger partial charge in [0.25, 0.3) is 0 Å². The predicted octanol–water partition coefficient (Wildman–Crippen LogP) is 1.22. The van der Waals surface area contributed by atoms with Gasteiger partial charge in [-0.25, -0.2) is 9.59 Å². The van der Waals surface area contributed by atoms with Gasteiger partial charge in [-0.1, -0.05) is 20.8 Å². The summed E-state index contributed by atoms with van der Waals surface area (Å²) in [5.41, 5.74) is -0.517. The van der Waals surface area contributed by atoms with Gasteiger partial charge in [-0.15, -0.1) is 0 Å². The first-order valence-electron chi connectivity index (χ1n) is 7.18. The number of nitrogens with one attached hydrogen (secondary N) is 1. The average molecular weight is 285 g/mol. The molecule has 0 bridgehead atoms. The molecule has 0 aromatic rings. The lowest BCUT2D eigenvalue weighted by atomic mass is 9.87. The summed E-state index contributed by atoms with van der Waals surface area (Å²) in [6.45, 7) is 9.05. The van der Waals surface area contributed by atoms with Crippen LogP contribution in [0.1, 0.15) is 33.6 Å². The Morgan fingerprint density at radius 2 is 1.85 bits per heavy atom. The van der Waals surface area contributed by atoms with E-state index in [0.717, 1.165) is 19.6 Å². The largest absolute Gasteiger partial charge is 0.480 e. The van der Waals surface area contributed by atoms with Gasteiger partial charge in [-0.3, -0.25) is 0 Å². The molecule has 0 saturated carbocycles. The Labute approximate surface area is 121 Å². The summed E-state index contributed by atoms with van der Waals surface area (Å²) in [6.07, 6.45) is 2.45. The highest BCUT2D eigenvalue weighted by atomic mass is 16.4. The molecular weight excluding hydrogens is 258 g/mol. The van der Waals surface area contributed by atoms with Gasteiger partial charge in [0.2, 0.25) is 0 Å². The smallest absolute Gasteiger partial charge is 0.326 e. The van der Waals surface area contributed by atoms with Crippen LogP contribution in [0.25, 0.3) is 0 Å². The SMILES string of the molecule is CN(CCN1CCCC1)C(=O)NC(C(=O)O)C(C)(C)C. The van der Waals surface area contributed by atoms with Crippen LogP contribution in [0.5, 0.6) is 0 Å². The Balaban J connectivity index is 2.44. The van der Waals surface area contributed by atoms with E-state index < -0.39 is 17.4 Å². The molecular formula is C14H27N3O3. The van der Waals surface area contributed by atoms with E-state index in [1.165, 1.54) is 12.8 Å². The highest BCUT2D eigenvalue weighted by Gasteiger charge is 2.33. The quantitative estimate of drug-likeness (QED) is 0.796. The van der Waals surface area contributed by atoms with E-state index >= 15 is 0 Å². The van der Waals surface area contributed by atoms with Gasteiger partial charge in [-0.2, -0.15) is 0 Å². The van der Waals surface area contributed by atoms with Crippen LogP contribution in [0, 0.1) is 5.41 Å². The van der Waals surface area contributed by atoms with Gasteiger partial charge < -0.3 is 20.2 Å². The van der Waals surface area contributed by atoms with E-state index in [0.29, 0.717) is 6.54 Å². The summed E-state index contributed by atoms with van der Waals surface area (Å²) in [7, 11) is 1.70. The van der Waals surface area contributed by atoms with Crippen LogP contribution in [0.15, 0.2) is 0 Å². The Morgan fingerprint density at radius 1 is 1.30 bits per heavy atom. The van der Waals surface area contributed by atoms with E-state index in [2.05, 4.69) is 10.2 Å². The number of carboxylic acids is 1. The van der Waals surface area contributed by atoms with Crippen LogP contribution in [0.2, 0.25) is 0 Å². The van der Waals surface area contributed by atoms with E-state index in [1.807, 2.05) is 0 Å². The first-order valence-corrected chi connectivity index (χ1v) is 7.18. The van der Waals surface area contributed by atoms with Crippen LogP contribution >= 0.6 is 0 Å². The molecule has 1 aliphatic heterocycles. The van der Waals surface area contributed by atoms with Crippen molar-refractivity contribution >= 4 is 12.0 Å². The van der Waals surface area contributed by atoms with Gasteiger partial charge in [0, 0.05) is 20.1 Å². The maximum atomic E-state index is 12.0. The molecule has 6 nitrogen and oxygen atoms in total. The Hall–Kier alpha value is -1.30. The second-order valence-corrected chi connectivity index (χ2v) is 6.56. The molecule has 116 valence electrons. The maximum Gasteiger partial charge on any atom is 0.326 e. The number of aliphatic carboxylic acids is 1. The van der Waals surface area contributed by atoms with Crippen molar-refractivity contribution in [2.45, 2.75) is 39.7 Å². The van der Waals surface area contributed by atoms with Crippen LogP contribution in [-0.4, -0.2) is 66.2 Å². The summed E-state index contributed by atoms with van der Waals surface area (Å²) in [6, 6.07) is -1.21. The van der Waals surface area contributed by atoms with Crippen molar-refractivity contribution in [3.63, 3.8) is 0 Å². The van der Waals surface area contributed by atoms with Gasteiger partial charge in [0.1, 0.15) is 6.04 Å². The number of carbonyl (C=O) groups is 2. The average Bonchev–Trinajstić information content (AvgIpc) is 2.83. The molecule has 1 heterocycles. The molecule has 6 heteroatoms. The van der Waals surface area contributed by atoms with Gasteiger partial charge in [0.05, 0.1) is 0 Å². The van der Waals surface area contributed by atoms with Gasteiger partial charge >= 0.3 is 12.0 Å². The van der Waals surface area contributed by atoms with E-state index in [4.69, 9.17) is 0 Å². The highest BCUT2D eigenvalue weighted by molar-refractivity contribution is 5.83. The molecule has 0 radical (unpaired) electrons. The molecule has 2 N–H and O–H groups in total. The fraction of sp³-hybridized carbons (Fsp3) is 0.857. The lowest BCUT2D eigenvalue weighted by molar-refractivity contribution is -0.142. The standard InChI is InChI=1S/C14H27N3O3/c1-14(2,3)11(12(18)19)15-13(20)16(4)9-10-17-7-5-6-8-17/h11H,5-10H2,1-4H3,(H,15,20)(H,18,19). The number of rotatable bonds is 5. The fourth-order valence-electron chi connectivity index (χ4n) is 2.28. The molecule has 0 spiro atoms. The monoisotopic (exact) mass is 285 g/mol. The molecule has 0 aromatic heterocycles. The number of likely N-dealkylation sites (tertiary alicyclic amines) is 1. The minimum absolute atomic E-state index is 0.327.